The smallest absolute Gasteiger partial charge is 0.0493 e. The number of hydrogen-bond donors (Lipinski definition) is 0. The molecule has 0 amide bonds. The van der Waals surface area contributed by atoms with Crippen molar-refractivity contribution < 1.29 is 0 Å². The lowest BCUT2D eigenvalue weighted by atomic mass is 9.96. The maximum atomic E-state index is 2.43. The van der Waals surface area contributed by atoms with Crippen LogP contribution in [0.15, 0.2) is 91.0 Å². The van der Waals surface area contributed by atoms with Crippen LogP contribution in [0.25, 0.3) is 21.9 Å². The highest BCUT2D eigenvalue weighted by molar-refractivity contribution is 6.00. The van der Waals surface area contributed by atoms with Crippen LogP contribution in [-0.2, 0) is 0 Å². The highest BCUT2D eigenvalue weighted by Crippen LogP contribution is 2.39. The van der Waals surface area contributed by atoms with Crippen LogP contribution in [0.4, 0.5) is 11.4 Å². The highest BCUT2D eigenvalue weighted by atomic mass is 15.2. The minimum Gasteiger partial charge on any atom is -0.338 e. The van der Waals surface area contributed by atoms with Gasteiger partial charge < -0.3 is 4.90 Å². The summed E-state index contributed by atoms with van der Waals surface area (Å²) in [5.41, 5.74) is 6.31. The van der Waals surface area contributed by atoms with Crippen LogP contribution in [0, 0.1) is 6.92 Å². The Morgan fingerprint density at radius 3 is 2.15 bits per heavy atom. The minimum atomic E-state index is 0.350. The molecule has 0 heterocycles. The van der Waals surface area contributed by atoms with E-state index in [1.54, 1.807) is 0 Å². The van der Waals surface area contributed by atoms with Gasteiger partial charge in [-0.2, -0.15) is 0 Å². The third kappa shape index (κ3) is 3.33. The molecule has 0 fully saturated rings. The SMILES string of the molecule is Cc1cccc(N(c2ccccc2-c2cccc3ccccc23)C(C)C)c1. The van der Waals surface area contributed by atoms with E-state index in [1.807, 2.05) is 0 Å². The summed E-state index contributed by atoms with van der Waals surface area (Å²) in [7, 11) is 0. The second-order valence-corrected chi connectivity index (χ2v) is 7.35. The van der Waals surface area contributed by atoms with Gasteiger partial charge in [-0.15, -0.1) is 0 Å². The summed E-state index contributed by atoms with van der Waals surface area (Å²) >= 11 is 0. The molecule has 0 unspecified atom stereocenters. The summed E-state index contributed by atoms with van der Waals surface area (Å²) in [5.74, 6) is 0. The topological polar surface area (TPSA) is 3.24 Å². The van der Waals surface area contributed by atoms with Crippen LogP contribution < -0.4 is 4.90 Å². The molecule has 1 nitrogen and oxygen atoms in total. The zero-order chi connectivity index (χ0) is 18.8. The van der Waals surface area contributed by atoms with E-state index in [2.05, 4.69) is 117 Å². The van der Waals surface area contributed by atoms with Gasteiger partial charge in [-0.3, -0.25) is 0 Å². The Morgan fingerprint density at radius 1 is 0.667 bits per heavy atom. The Balaban J connectivity index is 1.95. The van der Waals surface area contributed by atoms with E-state index in [-0.39, 0.29) is 0 Å². The Kier molecular flexibility index (Phi) is 4.68. The molecule has 0 saturated carbocycles. The summed E-state index contributed by atoms with van der Waals surface area (Å²) < 4.78 is 0. The van der Waals surface area contributed by atoms with Gasteiger partial charge in [-0.25, -0.2) is 0 Å². The molecular formula is C26H25N. The van der Waals surface area contributed by atoms with Crippen molar-refractivity contribution in [2.75, 3.05) is 4.90 Å². The largest absolute Gasteiger partial charge is 0.338 e. The maximum absolute atomic E-state index is 2.43. The van der Waals surface area contributed by atoms with Crippen molar-refractivity contribution in [3.63, 3.8) is 0 Å². The monoisotopic (exact) mass is 351 g/mol. The Hall–Kier alpha value is -3.06. The Labute approximate surface area is 161 Å². The molecule has 4 rings (SSSR count). The molecule has 0 saturated heterocycles. The van der Waals surface area contributed by atoms with Crippen LogP contribution in [0.1, 0.15) is 19.4 Å². The van der Waals surface area contributed by atoms with Crippen LogP contribution in [0.5, 0.6) is 0 Å². The lowest BCUT2D eigenvalue weighted by Gasteiger charge is -2.31. The Morgan fingerprint density at radius 2 is 1.33 bits per heavy atom. The van der Waals surface area contributed by atoms with E-state index in [0.29, 0.717) is 6.04 Å². The second-order valence-electron chi connectivity index (χ2n) is 7.35. The molecule has 0 radical (unpaired) electrons. The van der Waals surface area contributed by atoms with E-state index in [9.17, 15) is 0 Å². The van der Waals surface area contributed by atoms with Gasteiger partial charge in [0, 0.05) is 23.0 Å². The molecule has 0 aromatic heterocycles. The number of aryl methyl sites for hydroxylation is 1. The van der Waals surface area contributed by atoms with Crippen LogP contribution >= 0.6 is 0 Å². The first kappa shape index (κ1) is 17.4. The number of rotatable bonds is 4. The predicted octanol–water partition coefficient (Wildman–Crippen LogP) is 7.36. The molecule has 0 atom stereocenters. The van der Waals surface area contributed by atoms with Gasteiger partial charge in [0.1, 0.15) is 0 Å². The van der Waals surface area contributed by atoms with Gasteiger partial charge in [-0.05, 0) is 60.9 Å². The zero-order valence-electron chi connectivity index (χ0n) is 16.2. The summed E-state index contributed by atoms with van der Waals surface area (Å²) in [4.78, 5) is 2.43. The third-order valence-electron chi connectivity index (χ3n) is 5.04. The second kappa shape index (κ2) is 7.28. The number of fused-ring (bicyclic) bond motifs is 1. The molecular weight excluding hydrogens is 326 g/mol. The molecule has 27 heavy (non-hydrogen) atoms. The minimum absolute atomic E-state index is 0.350. The van der Waals surface area contributed by atoms with Crippen molar-refractivity contribution in [1.82, 2.24) is 0 Å². The fourth-order valence-corrected chi connectivity index (χ4v) is 3.86. The normalized spacial score (nSPS) is 11.1. The highest BCUT2D eigenvalue weighted by Gasteiger charge is 2.18. The van der Waals surface area contributed by atoms with Crippen LogP contribution in [0.2, 0.25) is 0 Å². The number of anilines is 2. The van der Waals surface area contributed by atoms with Crippen LogP contribution in [-0.4, -0.2) is 6.04 Å². The summed E-state index contributed by atoms with van der Waals surface area (Å²) in [6.45, 7) is 6.66. The van der Waals surface area contributed by atoms with Gasteiger partial charge in [0.05, 0.1) is 0 Å². The molecule has 0 aliphatic carbocycles. The van der Waals surface area contributed by atoms with Crippen molar-refractivity contribution in [3.05, 3.63) is 96.6 Å². The van der Waals surface area contributed by atoms with Crippen LogP contribution in [0.3, 0.4) is 0 Å². The lowest BCUT2D eigenvalue weighted by Crippen LogP contribution is -2.26. The molecule has 0 aliphatic rings. The third-order valence-corrected chi connectivity index (χ3v) is 5.04. The van der Waals surface area contributed by atoms with E-state index < -0.39 is 0 Å². The van der Waals surface area contributed by atoms with E-state index in [1.165, 1.54) is 38.8 Å². The average Bonchev–Trinajstić information content (AvgIpc) is 2.68. The van der Waals surface area contributed by atoms with Gasteiger partial charge in [0.2, 0.25) is 0 Å². The number of nitrogens with zero attached hydrogens (tertiary/aromatic N) is 1. The van der Waals surface area contributed by atoms with Gasteiger partial charge in [0.15, 0.2) is 0 Å². The zero-order valence-corrected chi connectivity index (χ0v) is 16.2. The maximum Gasteiger partial charge on any atom is 0.0493 e. The average molecular weight is 351 g/mol. The fourth-order valence-electron chi connectivity index (χ4n) is 3.86. The van der Waals surface area contributed by atoms with Gasteiger partial charge in [0.25, 0.3) is 0 Å². The number of hydrogen-bond acceptors (Lipinski definition) is 1. The Bertz CT molecular complexity index is 1070. The van der Waals surface area contributed by atoms with E-state index >= 15 is 0 Å². The molecule has 4 aromatic rings. The summed E-state index contributed by atoms with van der Waals surface area (Å²) in [6.07, 6.45) is 0. The van der Waals surface area contributed by atoms with Crippen molar-refractivity contribution in [2.24, 2.45) is 0 Å². The quantitative estimate of drug-likeness (QED) is 0.371. The standard InChI is InChI=1S/C26H25N/c1-19(2)27(22-13-8-10-20(3)18-22)26-17-7-6-15-25(26)24-16-9-12-21-11-4-5-14-23(21)24/h4-19H,1-3H3. The molecule has 0 N–H and O–H groups in total. The molecule has 0 spiro atoms. The fraction of sp³-hybridized carbons (Fsp3) is 0.154. The van der Waals surface area contributed by atoms with Gasteiger partial charge >= 0.3 is 0 Å². The number of benzene rings is 4. The molecule has 1 heteroatoms. The number of para-hydroxylation sites is 1. The molecule has 0 aliphatic heterocycles. The molecule has 134 valence electrons. The van der Waals surface area contributed by atoms with Crippen molar-refractivity contribution in [2.45, 2.75) is 26.8 Å². The van der Waals surface area contributed by atoms with Crippen molar-refractivity contribution in [3.8, 4) is 11.1 Å². The van der Waals surface area contributed by atoms with Crippen molar-refractivity contribution >= 4 is 22.1 Å². The van der Waals surface area contributed by atoms with E-state index in [0.717, 1.165) is 0 Å². The molecule has 0 bridgehead atoms. The summed E-state index contributed by atoms with van der Waals surface area (Å²) in [5, 5.41) is 2.57. The first-order valence-corrected chi connectivity index (χ1v) is 9.58. The first-order chi connectivity index (χ1) is 13.1. The first-order valence-electron chi connectivity index (χ1n) is 9.58. The summed E-state index contributed by atoms with van der Waals surface area (Å²) in [6, 6.07) is 33.0. The van der Waals surface area contributed by atoms with Gasteiger partial charge in [-0.1, -0.05) is 72.8 Å². The van der Waals surface area contributed by atoms with E-state index in [4.69, 9.17) is 0 Å². The molecule has 4 aromatic carbocycles. The lowest BCUT2D eigenvalue weighted by molar-refractivity contribution is 0.789. The predicted molar refractivity (Wildman–Crippen MR) is 118 cm³/mol. The van der Waals surface area contributed by atoms with Crippen molar-refractivity contribution in [1.29, 1.82) is 0 Å².